The Labute approximate surface area is 112 Å². The normalized spacial score (nSPS) is 28.6. The third-order valence-electron chi connectivity index (χ3n) is 4.63. The molecule has 2 rings (SSSR count). The molecule has 0 radical (unpaired) electrons. The molecule has 0 aromatic heterocycles. The van der Waals surface area contributed by atoms with Crippen molar-refractivity contribution >= 4 is 0 Å². The molecule has 1 aromatic carbocycles. The maximum atomic E-state index is 3.45. The minimum atomic E-state index is 0.257. The Balaban J connectivity index is 2.16. The minimum Gasteiger partial charge on any atom is -0.317 e. The highest BCUT2D eigenvalue weighted by molar-refractivity contribution is 5.30. The molecule has 3 atom stereocenters. The molecule has 100 valence electrons. The summed E-state index contributed by atoms with van der Waals surface area (Å²) in [5.41, 5.74) is 3.21. The van der Waals surface area contributed by atoms with Crippen molar-refractivity contribution in [2.75, 3.05) is 7.05 Å². The quantitative estimate of drug-likeness (QED) is 0.827. The van der Waals surface area contributed by atoms with Crippen LogP contribution in [0.5, 0.6) is 0 Å². The van der Waals surface area contributed by atoms with E-state index in [4.69, 9.17) is 0 Å². The molecule has 1 saturated carbocycles. The van der Waals surface area contributed by atoms with Crippen molar-refractivity contribution in [3.05, 3.63) is 35.4 Å². The van der Waals surface area contributed by atoms with E-state index in [1.165, 1.54) is 24.0 Å². The maximum absolute atomic E-state index is 3.45. The Kier molecular flexibility index (Phi) is 3.82. The molecule has 1 N–H and O–H groups in total. The summed E-state index contributed by atoms with van der Waals surface area (Å²) in [6.45, 7) is 9.21. The zero-order chi connectivity index (χ0) is 13.3. The van der Waals surface area contributed by atoms with Crippen molar-refractivity contribution in [3.8, 4) is 0 Å². The smallest absolute Gasteiger partial charge is 0.00957 e. The van der Waals surface area contributed by atoms with E-state index >= 15 is 0 Å². The molecule has 1 aliphatic rings. The van der Waals surface area contributed by atoms with Crippen molar-refractivity contribution < 1.29 is 0 Å². The summed E-state index contributed by atoms with van der Waals surface area (Å²) >= 11 is 0. The van der Waals surface area contributed by atoms with Gasteiger partial charge in [-0.1, -0.05) is 52.0 Å². The summed E-state index contributed by atoms with van der Waals surface area (Å²) in [5, 5.41) is 3.45. The second-order valence-corrected chi connectivity index (χ2v) is 6.81. The summed E-state index contributed by atoms with van der Waals surface area (Å²) < 4.78 is 0. The van der Waals surface area contributed by atoms with Crippen LogP contribution in [0.4, 0.5) is 0 Å². The number of nitrogens with one attached hydrogen (secondary N) is 1. The highest BCUT2D eigenvalue weighted by atomic mass is 14.9. The molecule has 0 heterocycles. The molecule has 18 heavy (non-hydrogen) atoms. The predicted octanol–water partition coefficient (Wildman–Crippen LogP) is 4.09. The van der Waals surface area contributed by atoms with Gasteiger partial charge >= 0.3 is 0 Å². The third-order valence-corrected chi connectivity index (χ3v) is 4.63. The Morgan fingerprint density at radius 2 is 1.67 bits per heavy atom. The molecule has 1 aromatic rings. The lowest BCUT2D eigenvalue weighted by atomic mass is 9.83. The second-order valence-electron chi connectivity index (χ2n) is 6.81. The average molecular weight is 245 g/mol. The molecule has 0 saturated heterocycles. The molecular weight excluding hydrogens is 218 g/mol. The Morgan fingerprint density at radius 1 is 1.06 bits per heavy atom. The highest BCUT2D eigenvalue weighted by Crippen LogP contribution is 2.39. The van der Waals surface area contributed by atoms with E-state index in [1.807, 2.05) is 0 Å². The number of benzene rings is 1. The number of rotatable bonds is 2. The largest absolute Gasteiger partial charge is 0.317 e. The van der Waals surface area contributed by atoms with Gasteiger partial charge in [-0.3, -0.25) is 0 Å². The molecule has 1 nitrogen and oxygen atoms in total. The van der Waals surface area contributed by atoms with E-state index in [-0.39, 0.29) is 5.41 Å². The first-order valence-electron chi connectivity index (χ1n) is 7.21. The van der Waals surface area contributed by atoms with E-state index in [0.29, 0.717) is 6.04 Å². The summed E-state index contributed by atoms with van der Waals surface area (Å²) in [6, 6.07) is 10.0. The van der Waals surface area contributed by atoms with Crippen molar-refractivity contribution in [2.45, 2.75) is 57.9 Å². The van der Waals surface area contributed by atoms with Crippen LogP contribution in [0.2, 0.25) is 0 Å². The molecule has 3 unspecified atom stereocenters. The van der Waals surface area contributed by atoms with Crippen LogP contribution in [0.3, 0.4) is 0 Å². The van der Waals surface area contributed by atoms with Crippen LogP contribution in [0.15, 0.2) is 24.3 Å². The van der Waals surface area contributed by atoms with E-state index in [2.05, 4.69) is 64.3 Å². The van der Waals surface area contributed by atoms with Crippen LogP contribution in [0, 0.1) is 5.92 Å². The number of hydrogen-bond donors (Lipinski definition) is 1. The number of hydrogen-bond acceptors (Lipinski definition) is 1. The lowest BCUT2D eigenvalue weighted by Gasteiger charge is -2.23. The van der Waals surface area contributed by atoms with E-state index in [0.717, 1.165) is 11.8 Å². The zero-order valence-electron chi connectivity index (χ0n) is 12.5. The van der Waals surface area contributed by atoms with E-state index in [9.17, 15) is 0 Å². The summed E-state index contributed by atoms with van der Waals surface area (Å²) in [6.07, 6.45) is 2.63. The Bertz CT molecular complexity index is 385. The Morgan fingerprint density at radius 3 is 2.11 bits per heavy atom. The van der Waals surface area contributed by atoms with Gasteiger partial charge < -0.3 is 5.32 Å². The lowest BCUT2D eigenvalue weighted by Crippen LogP contribution is -2.28. The van der Waals surface area contributed by atoms with Gasteiger partial charge in [0.1, 0.15) is 0 Å². The summed E-state index contributed by atoms with van der Waals surface area (Å²) in [4.78, 5) is 0. The SMILES string of the molecule is CNC1CCC(c2ccc(C(C)(C)C)cc2)C1C. The maximum Gasteiger partial charge on any atom is 0.00957 e. The molecule has 1 fully saturated rings. The molecule has 0 spiro atoms. The van der Waals surface area contributed by atoms with Gasteiger partial charge in [-0.15, -0.1) is 0 Å². The molecule has 0 amide bonds. The molecule has 1 aliphatic carbocycles. The lowest BCUT2D eigenvalue weighted by molar-refractivity contribution is 0.428. The first-order chi connectivity index (χ1) is 8.43. The average Bonchev–Trinajstić information content (AvgIpc) is 2.69. The van der Waals surface area contributed by atoms with Crippen LogP contribution in [-0.2, 0) is 5.41 Å². The fraction of sp³-hybridized carbons (Fsp3) is 0.647. The van der Waals surface area contributed by atoms with Gasteiger partial charge in [-0.25, -0.2) is 0 Å². The molecule has 0 aliphatic heterocycles. The second kappa shape index (κ2) is 5.05. The molecular formula is C17H27N. The van der Waals surface area contributed by atoms with Crippen molar-refractivity contribution in [2.24, 2.45) is 5.92 Å². The fourth-order valence-electron chi connectivity index (χ4n) is 3.27. The third kappa shape index (κ3) is 2.61. The van der Waals surface area contributed by atoms with Gasteiger partial charge in [-0.05, 0) is 48.3 Å². The monoisotopic (exact) mass is 245 g/mol. The first-order valence-corrected chi connectivity index (χ1v) is 7.21. The first kappa shape index (κ1) is 13.6. The van der Waals surface area contributed by atoms with E-state index in [1.54, 1.807) is 0 Å². The van der Waals surface area contributed by atoms with Crippen molar-refractivity contribution in [1.29, 1.82) is 0 Å². The van der Waals surface area contributed by atoms with Crippen LogP contribution in [-0.4, -0.2) is 13.1 Å². The van der Waals surface area contributed by atoms with Gasteiger partial charge in [0, 0.05) is 6.04 Å². The topological polar surface area (TPSA) is 12.0 Å². The van der Waals surface area contributed by atoms with Crippen molar-refractivity contribution in [3.63, 3.8) is 0 Å². The molecule has 1 heteroatoms. The summed E-state index contributed by atoms with van der Waals surface area (Å²) in [7, 11) is 2.09. The van der Waals surface area contributed by atoms with Gasteiger partial charge in [0.25, 0.3) is 0 Å². The van der Waals surface area contributed by atoms with Crippen LogP contribution in [0.1, 0.15) is 57.6 Å². The zero-order valence-corrected chi connectivity index (χ0v) is 12.5. The fourth-order valence-corrected chi connectivity index (χ4v) is 3.27. The summed E-state index contributed by atoms with van der Waals surface area (Å²) in [5.74, 6) is 1.48. The van der Waals surface area contributed by atoms with Gasteiger partial charge in [-0.2, -0.15) is 0 Å². The van der Waals surface area contributed by atoms with Crippen LogP contribution >= 0.6 is 0 Å². The van der Waals surface area contributed by atoms with Gasteiger partial charge in [0.2, 0.25) is 0 Å². The minimum absolute atomic E-state index is 0.257. The predicted molar refractivity (Wildman–Crippen MR) is 79.1 cm³/mol. The highest BCUT2D eigenvalue weighted by Gasteiger charge is 2.32. The molecule has 0 bridgehead atoms. The van der Waals surface area contributed by atoms with Crippen molar-refractivity contribution in [1.82, 2.24) is 5.32 Å². The van der Waals surface area contributed by atoms with E-state index < -0.39 is 0 Å². The van der Waals surface area contributed by atoms with Gasteiger partial charge in [0.05, 0.1) is 0 Å². The standard InChI is InChI=1S/C17H27N/c1-12-15(10-11-16(12)18-5)13-6-8-14(9-7-13)17(2,3)4/h6-9,12,15-16,18H,10-11H2,1-5H3. The Hall–Kier alpha value is -0.820. The van der Waals surface area contributed by atoms with Crippen LogP contribution < -0.4 is 5.32 Å². The van der Waals surface area contributed by atoms with Gasteiger partial charge in [0.15, 0.2) is 0 Å². The van der Waals surface area contributed by atoms with Crippen LogP contribution in [0.25, 0.3) is 0 Å².